The maximum absolute atomic E-state index is 5.86. The highest BCUT2D eigenvalue weighted by molar-refractivity contribution is 8.01. The van der Waals surface area contributed by atoms with E-state index in [0.717, 1.165) is 15.1 Å². The van der Waals surface area contributed by atoms with Gasteiger partial charge >= 0.3 is 0 Å². The lowest BCUT2D eigenvalue weighted by Gasteiger charge is -2.15. The normalized spacial score (nSPS) is 12.2. The lowest BCUT2D eigenvalue weighted by Crippen LogP contribution is -2.16. The molecular weight excluding hydrogens is 358 g/mol. The highest BCUT2D eigenvalue weighted by atomic mass is 32.2. The molecule has 1 unspecified atom stereocenters. The summed E-state index contributed by atoms with van der Waals surface area (Å²) in [6.45, 7) is 3.29. The number of ether oxygens (including phenoxy) is 1. The molecule has 0 aromatic carbocycles. The van der Waals surface area contributed by atoms with E-state index >= 15 is 0 Å². The number of nitrogens with zero attached hydrogens (tertiary/aromatic N) is 5. The van der Waals surface area contributed by atoms with Crippen LogP contribution in [0, 0.1) is 0 Å². The fraction of sp³-hybridized carbons (Fsp3) is 0.333. The van der Waals surface area contributed by atoms with Crippen LogP contribution in [0.4, 0.5) is 11.8 Å². The van der Waals surface area contributed by atoms with Gasteiger partial charge in [0.1, 0.15) is 17.2 Å². The number of hydrogen-bond acceptors (Lipinski definition) is 9. The SMILES string of the molecule is COCCn1cnnc1C(C)Nc1cc(Sc2cccs2)nc(N)n1. The van der Waals surface area contributed by atoms with Crippen LogP contribution in [0.3, 0.4) is 0 Å². The summed E-state index contributed by atoms with van der Waals surface area (Å²) in [6, 6.07) is 5.84. The van der Waals surface area contributed by atoms with Gasteiger partial charge in [0.25, 0.3) is 0 Å². The van der Waals surface area contributed by atoms with Gasteiger partial charge in [-0.25, -0.2) is 4.98 Å². The van der Waals surface area contributed by atoms with Crippen LogP contribution < -0.4 is 11.1 Å². The van der Waals surface area contributed by atoms with Crippen LogP contribution in [-0.2, 0) is 11.3 Å². The van der Waals surface area contributed by atoms with Crippen molar-refractivity contribution in [1.29, 1.82) is 0 Å². The topological polar surface area (TPSA) is 104 Å². The molecule has 3 heterocycles. The van der Waals surface area contributed by atoms with Gasteiger partial charge in [-0.3, -0.25) is 0 Å². The molecule has 0 aliphatic rings. The Morgan fingerprint density at radius 1 is 1.44 bits per heavy atom. The third-order valence-electron chi connectivity index (χ3n) is 3.35. The van der Waals surface area contributed by atoms with Gasteiger partial charge in [-0.1, -0.05) is 17.8 Å². The van der Waals surface area contributed by atoms with Gasteiger partial charge < -0.3 is 20.4 Å². The molecule has 10 heteroatoms. The Morgan fingerprint density at radius 2 is 2.32 bits per heavy atom. The number of nitrogens with two attached hydrogens (primary N) is 1. The minimum atomic E-state index is -0.0896. The molecule has 0 radical (unpaired) electrons. The zero-order valence-electron chi connectivity index (χ0n) is 13.9. The molecule has 3 rings (SSSR count). The summed E-state index contributed by atoms with van der Waals surface area (Å²) in [5.41, 5.74) is 5.86. The molecule has 0 saturated carbocycles. The second kappa shape index (κ2) is 8.28. The number of aromatic nitrogens is 5. The molecule has 0 bridgehead atoms. The summed E-state index contributed by atoms with van der Waals surface area (Å²) < 4.78 is 8.21. The molecular formula is C15H19N7OS2. The summed E-state index contributed by atoms with van der Waals surface area (Å²) in [5.74, 6) is 1.69. The Labute approximate surface area is 153 Å². The first-order valence-corrected chi connectivity index (χ1v) is 9.34. The molecule has 0 aliphatic carbocycles. The minimum Gasteiger partial charge on any atom is -0.383 e. The molecule has 25 heavy (non-hydrogen) atoms. The fourth-order valence-electron chi connectivity index (χ4n) is 2.24. The summed E-state index contributed by atoms with van der Waals surface area (Å²) >= 11 is 3.22. The van der Waals surface area contributed by atoms with Gasteiger partial charge in [0.05, 0.1) is 16.9 Å². The molecule has 0 amide bonds. The first-order chi connectivity index (χ1) is 12.2. The van der Waals surface area contributed by atoms with Crippen molar-refractivity contribution in [2.45, 2.75) is 28.7 Å². The largest absolute Gasteiger partial charge is 0.383 e. The Kier molecular flexibility index (Phi) is 5.84. The lowest BCUT2D eigenvalue weighted by atomic mass is 10.3. The number of nitrogens with one attached hydrogen (secondary N) is 1. The van der Waals surface area contributed by atoms with E-state index < -0.39 is 0 Å². The molecule has 132 valence electrons. The van der Waals surface area contributed by atoms with Gasteiger partial charge in [0.2, 0.25) is 5.95 Å². The first-order valence-electron chi connectivity index (χ1n) is 7.65. The van der Waals surface area contributed by atoms with Crippen molar-refractivity contribution in [2.75, 3.05) is 24.8 Å². The van der Waals surface area contributed by atoms with Gasteiger partial charge in [-0.15, -0.1) is 21.5 Å². The molecule has 0 fully saturated rings. The number of hydrogen-bond donors (Lipinski definition) is 2. The predicted molar refractivity (Wildman–Crippen MR) is 98.8 cm³/mol. The molecule has 0 saturated heterocycles. The second-order valence-electron chi connectivity index (χ2n) is 5.23. The molecule has 3 aromatic heterocycles. The standard InChI is InChI=1S/C15H19N7OS2/c1-10(14-21-17-9-22(14)5-6-23-2)18-11-8-12(20-15(16)19-11)25-13-4-3-7-24-13/h3-4,7-10H,5-6H2,1-2H3,(H3,16,18,19,20). The quantitative estimate of drug-likeness (QED) is 0.578. The average molecular weight is 377 g/mol. The number of rotatable bonds is 8. The number of methoxy groups -OCH3 is 1. The van der Waals surface area contributed by atoms with Crippen LogP contribution >= 0.6 is 23.1 Å². The van der Waals surface area contributed by atoms with Crippen molar-refractivity contribution in [3.63, 3.8) is 0 Å². The van der Waals surface area contributed by atoms with E-state index in [4.69, 9.17) is 10.5 Å². The van der Waals surface area contributed by atoms with E-state index in [2.05, 4.69) is 25.5 Å². The Balaban J connectivity index is 1.73. The van der Waals surface area contributed by atoms with Crippen molar-refractivity contribution in [2.24, 2.45) is 0 Å². The Morgan fingerprint density at radius 3 is 3.08 bits per heavy atom. The summed E-state index contributed by atoms with van der Waals surface area (Å²) in [4.78, 5) is 8.55. The summed E-state index contributed by atoms with van der Waals surface area (Å²) in [6.07, 6.45) is 1.69. The fourth-order valence-corrected chi connectivity index (χ4v) is 3.97. The van der Waals surface area contributed by atoms with E-state index in [1.54, 1.807) is 36.5 Å². The maximum atomic E-state index is 5.86. The predicted octanol–water partition coefficient (Wildman–Crippen LogP) is 2.68. The molecule has 0 spiro atoms. The summed E-state index contributed by atoms with van der Waals surface area (Å²) in [7, 11) is 1.67. The zero-order valence-corrected chi connectivity index (χ0v) is 15.5. The monoisotopic (exact) mass is 377 g/mol. The molecule has 8 nitrogen and oxygen atoms in total. The summed E-state index contributed by atoms with van der Waals surface area (Å²) in [5, 5.41) is 14.3. The highest BCUT2D eigenvalue weighted by Crippen LogP contribution is 2.31. The third-order valence-corrected chi connectivity index (χ3v) is 5.31. The molecule has 1 atom stereocenters. The van der Waals surface area contributed by atoms with Gasteiger partial charge in [0.15, 0.2) is 5.82 Å². The van der Waals surface area contributed by atoms with E-state index in [-0.39, 0.29) is 12.0 Å². The van der Waals surface area contributed by atoms with Crippen LogP contribution in [0.15, 0.2) is 39.1 Å². The van der Waals surface area contributed by atoms with Gasteiger partial charge in [0, 0.05) is 19.7 Å². The van der Waals surface area contributed by atoms with Crippen LogP contribution in [0.25, 0.3) is 0 Å². The van der Waals surface area contributed by atoms with Gasteiger partial charge in [-0.05, 0) is 18.4 Å². The number of thiophene rings is 1. The zero-order chi connectivity index (χ0) is 17.6. The smallest absolute Gasteiger partial charge is 0.223 e. The van der Waals surface area contributed by atoms with Crippen LogP contribution in [0.2, 0.25) is 0 Å². The van der Waals surface area contributed by atoms with Crippen LogP contribution in [0.5, 0.6) is 0 Å². The Hall–Kier alpha value is -2.17. The third kappa shape index (κ3) is 4.68. The Bertz CT molecular complexity index is 806. The van der Waals surface area contributed by atoms with Crippen molar-refractivity contribution < 1.29 is 4.74 Å². The van der Waals surface area contributed by atoms with Crippen molar-refractivity contribution in [3.8, 4) is 0 Å². The highest BCUT2D eigenvalue weighted by Gasteiger charge is 2.15. The minimum absolute atomic E-state index is 0.0896. The number of anilines is 2. The van der Waals surface area contributed by atoms with Crippen molar-refractivity contribution >= 4 is 34.9 Å². The first kappa shape index (κ1) is 17.6. The lowest BCUT2D eigenvalue weighted by molar-refractivity contribution is 0.186. The van der Waals surface area contributed by atoms with Crippen LogP contribution in [-0.4, -0.2) is 38.4 Å². The van der Waals surface area contributed by atoms with E-state index in [0.29, 0.717) is 19.0 Å². The van der Waals surface area contributed by atoms with Crippen molar-refractivity contribution in [3.05, 3.63) is 35.7 Å². The number of nitrogen functional groups attached to an aromatic ring is 1. The van der Waals surface area contributed by atoms with E-state index in [9.17, 15) is 0 Å². The maximum Gasteiger partial charge on any atom is 0.223 e. The van der Waals surface area contributed by atoms with Gasteiger partial charge in [-0.2, -0.15) is 4.98 Å². The van der Waals surface area contributed by atoms with E-state index in [1.807, 2.05) is 35.1 Å². The average Bonchev–Trinajstić information content (AvgIpc) is 3.23. The molecule has 3 N–H and O–H groups in total. The second-order valence-corrected chi connectivity index (χ2v) is 7.49. The molecule has 3 aromatic rings. The van der Waals surface area contributed by atoms with Crippen LogP contribution in [0.1, 0.15) is 18.8 Å². The van der Waals surface area contributed by atoms with Crippen molar-refractivity contribution in [1.82, 2.24) is 24.7 Å². The molecule has 0 aliphatic heterocycles. The van der Waals surface area contributed by atoms with E-state index in [1.165, 1.54) is 0 Å².